The normalized spacial score (nSPS) is 13.7. The fourth-order valence-corrected chi connectivity index (χ4v) is 4.13. The van der Waals surface area contributed by atoms with Crippen LogP contribution in [0.4, 0.5) is 10.1 Å². The summed E-state index contributed by atoms with van der Waals surface area (Å²) in [6.45, 7) is 3.49. The first kappa shape index (κ1) is 21.2. The van der Waals surface area contributed by atoms with Gasteiger partial charge in [-0.2, -0.15) is 0 Å². The van der Waals surface area contributed by atoms with Crippen LogP contribution in [0.25, 0.3) is 0 Å². The molecule has 0 aliphatic heterocycles. The number of nitrogens with zero attached hydrogens (tertiary/aromatic N) is 1. The summed E-state index contributed by atoms with van der Waals surface area (Å²) in [5.74, 6) is -0.801. The fraction of sp³-hybridized carbons (Fsp3) is 0.316. The molecule has 0 saturated carbocycles. The van der Waals surface area contributed by atoms with Crippen LogP contribution in [0.2, 0.25) is 5.02 Å². The summed E-state index contributed by atoms with van der Waals surface area (Å²) in [4.78, 5) is 12.8. The zero-order chi connectivity index (χ0) is 20.2. The molecule has 146 valence electrons. The molecule has 0 aliphatic rings. The van der Waals surface area contributed by atoms with Crippen LogP contribution in [0.3, 0.4) is 0 Å². The highest BCUT2D eigenvalue weighted by molar-refractivity contribution is 7.92. The Morgan fingerprint density at radius 3 is 2.19 bits per heavy atom. The lowest BCUT2D eigenvalue weighted by Gasteiger charge is -2.31. The van der Waals surface area contributed by atoms with Gasteiger partial charge in [0, 0.05) is 5.02 Å². The molecule has 0 radical (unpaired) electrons. The summed E-state index contributed by atoms with van der Waals surface area (Å²) in [6.07, 6.45) is 1.33. The van der Waals surface area contributed by atoms with Crippen LogP contribution >= 0.6 is 11.6 Å². The van der Waals surface area contributed by atoms with Crippen molar-refractivity contribution in [1.82, 2.24) is 5.32 Å². The number of benzene rings is 2. The van der Waals surface area contributed by atoms with Crippen molar-refractivity contribution in [2.24, 2.45) is 0 Å². The SMILES string of the molecule is CC[C@@H](C(=O)N[C@@H](C)c1ccc(F)cc1)N(c1ccc(Cl)cc1)S(C)(=O)=O. The number of carbonyl (C=O) groups is 1. The lowest BCUT2D eigenvalue weighted by molar-refractivity contribution is -0.122. The molecular weight excluding hydrogens is 391 g/mol. The van der Waals surface area contributed by atoms with Crippen molar-refractivity contribution in [3.8, 4) is 0 Å². The van der Waals surface area contributed by atoms with E-state index >= 15 is 0 Å². The Balaban J connectivity index is 2.28. The molecule has 0 saturated heterocycles. The Morgan fingerprint density at radius 1 is 1.15 bits per heavy atom. The maximum atomic E-state index is 13.1. The van der Waals surface area contributed by atoms with E-state index < -0.39 is 28.0 Å². The average Bonchev–Trinajstić information content (AvgIpc) is 2.60. The molecule has 2 aromatic carbocycles. The van der Waals surface area contributed by atoms with E-state index in [1.54, 1.807) is 50.2 Å². The second-order valence-corrected chi connectivity index (χ2v) is 8.54. The van der Waals surface area contributed by atoms with Crippen LogP contribution in [-0.2, 0) is 14.8 Å². The number of nitrogens with one attached hydrogen (secondary N) is 1. The van der Waals surface area contributed by atoms with Crippen molar-refractivity contribution in [1.29, 1.82) is 0 Å². The zero-order valence-electron chi connectivity index (χ0n) is 15.3. The van der Waals surface area contributed by atoms with Crippen molar-refractivity contribution in [2.45, 2.75) is 32.4 Å². The molecule has 0 unspecified atom stereocenters. The Kier molecular flexibility index (Phi) is 6.84. The third-order valence-corrected chi connectivity index (χ3v) is 5.57. The summed E-state index contributed by atoms with van der Waals surface area (Å²) >= 11 is 5.88. The number of rotatable bonds is 7. The molecule has 1 amide bonds. The van der Waals surface area contributed by atoms with Gasteiger partial charge in [-0.15, -0.1) is 0 Å². The largest absolute Gasteiger partial charge is 0.348 e. The van der Waals surface area contributed by atoms with Gasteiger partial charge < -0.3 is 5.32 Å². The number of amides is 1. The molecule has 2 aromatic rings. The Labute approximate surface area is 164 Å². The highest BCUT2D eigenvalue weighted by Crippen LogP contribution is 2.25. The second kappa shape index (κ2) is 8.71. The number of halogens is 2. The van der Waals surface area contributed by atoms with Gasteiger partial charge in [-0.05, 0) is 55.3 Å². The fourth-order valence-electron chi connectivity index (χ4n) is 2.79. The van der Waals surface area contributed by atoms with E-state index in [0.29, 0.717) is 10.7 Å². The molecule has 2 atom stereocenters. The summed E-state index contributed by atoms with van der Waals surface area (Å²) in [6, 6.07) is 10.7. The lowest BCUT2D eigenvalue weighted by atomic mass is 10.1. The number of carbonyl (C=O) groups excluding carboxylic acids is 1. The van der Waals surface area contributed by atoms with E-state index in [4.69, 9.17) is 11.6 Å². The van der Waals surface area contributed by atoms with Crippen molar-refractivity contribution in [3.05, 3.63) is 64.9 Å². The lowest BCUT2D eigenvalue weighted by Crippen LogP contribution is -2.49. The van der Waals surface area contributed by atoms with Gasteiger partial charge in [0.25, 0.3) is 0 Å². The van der Waals surface area contributed by atoms with Crippen LogP contribution in [0.15, 0.2) is 48.5 Å². The van der Waals surface area contributed by atoms with E-state index in [-0.39, 0.29) is 12.2 Å². The number of anilines is 1. The second-order valence-electron chi connectivity index (χ2n) is 6.24. The van der Waals surface area contributed by atoms with Gasteiger partial charge in [-0.3, -0.25) is 9.10 Å². The highest BCUT2D eigenvalue weighted by atomic mass is 35.5. The first-order chi connectivity index (χ1) is 12.6. The van der Waals surface area contributed by atoms with E-state index in [0.717, 1.165) is 16.1 Å². The Bertz CT molecular complexity index is 886. The molecule has 1 N–H and O–H groups in total. The smallest absolute Gasteiger partial charge is 0.244 e. The minimum absolute atomic E-state index is 0.275. The first-order valence-electron chi connectivity index (χ1n) is 8.44. The summed E-state index contributed by atoms with van der Waals surface area (Å²) in [7, 11) is -3.71. The van der Waals surface area contributed by atoms with Gasteiger partial charge in [0.05, 0.1) is 18.0 Å². The minimum atomic E-state index is -3.71. The van der Waals surface area contributed by atoms with Crippen LogP contribution in [0.1, 0.15) is 31.9 Å². The van der Waals surface area contributed by atoms with Crippen LogP contribution < -0.4 is 9.62 Å². The predicted octanol–water partition coefficient (Wildman–Crippen LogP) is 3.90. The van der Waals surface area contributed by atoms with Gasteiger partial charge in [0.2, 0.25) is 15.9 Å². The molecule has 8 heteroatoms. The van der Waals surface area contributed by atoms with Gasteiger partial charge in [0.15, 0.2) is 0 Å². The van der Waals surface area contributed by atoms with Gasteiger partial charge in [-0.25, -0.2) is 12.8 Å². The topological polar surface area (TPSA) is 66.5 Å². The van der Waals surface area contributed by atoms with Crippen LogP contribution in [0, 0.1) is 5.82 Å². The van der Waals surface area contributed by atoms with E-state index in [2.05, 4.69) is 5.32 Å². The molecule has 0 fully saturated rings. The summed E-state index contributed by atoms with van der Waals surface area (Å²) < 4.78 is 38.9. The molecule has 27 heavy (non-hydrogen) atoms. The standard InChI is InChI=1S/C19H22ClFN2O3S/c1-4-18(19(24)22-13(2)14-5-9-16(21)10-6-14)23(27(3,25)26)17-11-7-15(20)8-12-17/h5-13,18H,4H2,1-3H3,(H,22,24)/t13-,18-/m0/s1. The molecular formula is C19H22ClFN2O3S. The average molecular weight is 413 g/mol. The van der Waals surface area contributed by atoms with Gasteiger partial charge >= 0.3 is 0 Å². The Hall–Kier alpha value is -2.12. The maximum Gasteiger partial charge on any atom is 0.244 e. The summed E-state index contributed by atoms with van der Waals surface area (Å²) in [5.41, 5.74) is 1.08. The van der Waals surface area contributed by atoms with Crippen molar-refractivity contribution < 1.29 is 17.6 Å². The van der Waals surface area contributed by atoms with E-state index in [1.165, 1.54) is 12.1 Å². The molecule has 0 bridgehead atoms. The van der Waals surface area contributed by atoms with Gasteiger partial charge in [-0.1, -0.05) is 30.7 Å². The molecule has 0 aromatic heterocycles. The minimum Gasteiger partial charge on any atom is -0.348 e. The van der Waals surface area contributed by atoms with Gasteiger partial charge in [0.1, 0.15) is 11.9 Å². The third-order valence-electron chi connectivity index (χ3n) is 4.14. The van der Waals surface area contributed by atoms with Crippen LogP contribution in [0.5, 0.6) is 0 Å². The number of hydrogen-bond acceptors (Lipinski definition) is 3. The zero-order valence-corrected chi connectivity index (χ0v) is 16.9. The van der Waals surface area contributed by atoms with E-state index in [1.807, 2.05) is 0 Å². The van der Waals surface area contributed by atoms with Crippen molar-refractivity contribution in [2.75, 3.05) is 10.6 Å². The van der Waals surface area contributed by atoms with E-state index in [9.17, 15) is 17.6 Å². The third kappa shape index (κ3) is 5.43. The quantitative estimate of drug-likeness (QED) is 0.749. The molecule has 0 aliphatic carbocycles. The monoisotopic (exact) mass is 412 g/mol. The van der Waals surface area contributed by atoms with Crippen LogP contribution in [-0.4, -0.2) is 26.6 Å². The molecule has 5 nitrogen and oxygen atoms in total. The number of sulfonamides is 1. The highest BCUT2D eigenvalue weighted by Gasteiger charge is 2.32. The predicted molar refractivity (Wildman–Crippen MR) is 106 cm³/mol. The van der Waals surface area contributed by atoms with Crippen molar-refractivity contribution in [3.63, 3.8) is 0 Å². The summed E-state index contributed by atoms with van der Waals surface area (Å²) in [5, 5.41) is 3.27. The molecule has 0 heterocycles. The van der Waals surface area contributed by atoms with Crippen molar-refractivity contribution >= 4 is 33.2 Å². The molecule has 0 spiro atoms. The maximum absolute atomic E-state index is 13.1. The first-order valence-corrected chi connectivity index (χ1v) is 10.7. The molecule has 2 rings (SSSR count). The Morgan fingerprint density at radius 2 is 1.70 bits per heavy atom. The number of hydrogen-bond donors (Lipinski definition) is 1.